The first-order chi connectivity index (χ1) is 14.0. The van der Waals surface area contributed by atoms with Crippen molar-refractivity contribution in [3.63, 3.8) is 0 Å². The predicted octanol–water partition coefficient (Wildman–Crippen LogP) is 2.37. The molecule has 1 N–H and O–H groups in total. The number of morpholine rings is 1. The van der Waals surface area contributed by atoms with Crippen LogP contribution in [0.4, 0.5) is 5.82 Å². The van der Waals surface area contributed by atoms with Crippen molar-refractivity contribution < 1.29 is 9.84 Å². The highest BCUT2D eigenvalue weighted by atomic mass is 16.5. The standard InChI is InChI=1S/C23H28N4O2/c1-17-14-18(2)25-22(20(17)15-24)27-9-8-23(28,19-6-4-3-5-7-19)21(16-27)26-10-12-29-13-11-26/h3-7,14,21,28H,8-13,16H2,1-2H3/t21-,23+/m1/s1. The number of rotatable bonds is 3. The maximum Gasteiger partial charge on any atom is 0.147 e. The summed E-state index contributed by atoms with van der Waals surface area (Å²) >= 11 is 0. The first kappa shape index (κ1) is 19.8. The van der Waals surface area contributed by atoms with Gasteiger partial charge in [0.1, 0.15) is 17.5 Å². The lowest BCUT2D eigenvalue weighted by atomic mass is 9.79. The molecule has 2 fully saturated rings. The SMILES string of the molecule is Cc1cc(C)c(C#N)c(N2CC[C@](O)(c3ccccc3)[C@H](N3CCOCC3)C2)n1. The molecule has 152 valence electrons. The van der Waals surface area contributed by atoms with Crippen LogP contribution in [-0.2, 0) is 10.3 Å². The second kappa shape index (κ2) is 8.11. The molecular formula is C23H28N4O2. The third kappa shape index (κ3) is 3.74. The number of piperidine rings is 1. The monoisotopic (exact) mass is 392 g/mol. The van der Waals surface area contributed by atoms with Crippen molar-refractivity contribution >= 4 is 5.82 Å². The van der Waals surface area contributed by atoms with Gasteiger partial charge in [-0.1, -0.05) is 30.3 Å². The Morgan fingerprint density at radius 1 is 1.17 bits per heavy atom. The van der Waals surface area contributed by atoms with E-state index in [2.05, 4.69) is 15.9 Å². The van der Waals surface area contributed by atoms with Crippen LogP contribution in [0.2, 0.25) is 0 Å². The Hall–Kier alpha value is -2.46. The van der Waals surface area contributed by atoms with Crippen molar-refractivity contribution in [3.05, 3.63) is 58.8 Å². The van der Waals surface area contributed by atoms with Gasteiger partial charge in [-0.15, -0.1) is 0 Å². The van der Waals surface area contributed by atoms with Crippen molar-refractivity contribution in [3.8, 4) is 6.07 Å². The van der Waals surface area contributed by atoms with E-state index >= 15 is 0 Å². The van der Waals surface area contributed by atoms with E-state index in [0.717, 1.165) is 35.7 Å². The van der Waals surface area contributed by atoms with Crippen LogP contribution in [0.1, 0.15) is 28.8 Å². The molecule has 2 atom stereocenters. The maximum absolute atomic E-state index is 11.9. The summed E-state index contributed by atoms with van der Waals surface area (Å²) in [6.45, 7) is 8.12. The summed E-state index contributed by atoms with van der Waals surface area (Å²) in [6, 6.07) is 14.1. The van der Waals surface area contributed by atoms with Gasteiger partial charge in [0.2, 0.25) is 0 Å². The molecule has 0 saturated carbocycles. The second-order valence-electron chi connectivity index (χ2n) is 8.04. The first-order valence-corrected chi connectivity index (χ1v) is 10.3. The summed E-state index contributed by atoms with van der Waals surface area (Å²) in [5, 5.41) is 21.6. The van der Waals surface area contributed by atoms with Crippen LogP contribution in [0, 0.1) is 25.2 Å². The molecule has 2 aliphatic heterocycles. The van der Waals surface area contributed by atoms with Crippen LogP contribution in [0.15, 0.2) is 36.4 Å². The Labute approximate surface area is 172 Å². The number of ether oxygens (including phenoxy) is 1. The zero-order chi connectivity index (χ0) is 20.4. The minimum absolute atomic E-state index is 0.100. The lowest BCUT2D eigenvalue weighted by Crippen LogP contribution is -2.62. The molecule has 3 heterocycles. The first-order valence-electron chi connectivity index (χ1n) is 10.3. The summed E-state index contributed by atoms with van der Waals surface area (Å²) in [6.07, 6.45) is 0.582. The highest BCUT2D eigenvalue weighted by Crippen LogP contribution is 2.38. The molecule has 0 bridgehead atoms. The van der Waals surface area contributed by atoms with Gasteiger partial charge < -0.3 is 14.7 Å². The van der Waals surface area contributed by atoms with Crippen molar-refractivity contribution in [1.82, 2.24) is 9.88 Å². The molecule has 1 aromatic heterocycles. The van der Waals surface area contributed by atoms with Crippen LogP contribution >= 0.6 is 0 Å². The summed E-state index contributed by atoms with van der Waals surface area (Å²) in [5.41, 5.74) is 2.48. The zero-order valence-electron chi connectivity index (χ0n) is 17.1. The molecule has 0 spiro atoms. The number of benzene rings is 1. The molecule has 6 heteroatoms. The summed E-state index contributed by atoms with van der Waals surface area (Å²) in [4.78, 5) is 9.21. The molecule has 29 heavy (non-hydrogen) atoms. The highest BCUT2D eigenvalue weighted by molar-refractivity contribution is 5.58. The number of anilines is 1. The van der Waals surface area contributed by atoms with Crippen molar-refractivity contribution in [2.75, 3.05) is 44.3 Å². The minimum Gasteiger partial charge on any atom is -0.383 e. The average molecular weight is 393 g/mol. The normalized spacial score (nSPS) is 25.6. The molecule has 0 unspecified atom stereocenters. The van der Waals surface area contributed by atoms with Crippen LogP contribution in [-0.4, -0.2) is 60.4 Å². The van der Waals surface area contributed by atoms with Gasteiger partial charge in [0.25, 0.3) is 0 Å². The van der Waals surface area contributed by atoms with E-state index in [0.29, 0.717) is 38.3 Å². The van der Waals surface area contributed by atoms with Gasteiger partial charge in [0.15, 0.2) is 0 Å². The quantitative estimate of drug-likeness (QED) is 0.865. The van der Waals surface area contributed by atoms with E-state index in [1.165, 1.54) is 0 Å². The highest BCUT2D eigenvalue weighted by Gasteiger charge is 2.46. The van der Waals surface area contributed by atoms with Gasteiger partial charge in [-0.3, -0.25) is 4.90 Å². The third-order valence-electron chi connectivity index (χ3n) is 6.20. The number of aliphatic hydroxyl groups is 1. The molecule has 0 amide bonds. The van der Waals surface area contributed by atoms with Gasteiger partial charge >= 0.3 is 0 Å². The van der Waals surface area contributed by atoms with E-state index in [1.807, 2.05) is 50.2 Å². The summed E-state index contributed by atoms with van der Waals surface area (Å²) in [7, 11) is 0. The van der Waals surface area contributed by atoms with Crippen molar-refractivity contribution in [2.45, 2.75) is 31.9 Å². The largest absolute Gasteiger partial charge is 0.383 e. The van der Waals surface area contributed by atoms with Gasteiger partial charge in [0.05, 0.1) is 24.8 Å². The van der Waals surface area contributed by atoms with Crippen molar-refractivity contribution in [1.29, 1.82) is 5.26 Å². The van der Waals surface area contributed by atoms with E-state index in [1.54, 1.807) is 0 Å². The van der Waals surface area contributed by atoms with Crippen molar-refractivity contribution in [2.24, 2.45) is 0 Å². The molecule has 4 rings (SSSR count). The topological polar surface area (TPSA) is 72.6 Å². The number of nitrogens with zero attached hydrogens (tertiary/aromatic N) is 4. The number of hydrogen-bond acceptors (Lipinski definition) is 6. The Morgan fingerprint density at radius 3 is 2.59 bits per heavy atom. The number of pyridine rings is 1. The lowest BCUT2D eigenvalue weighted by Gasteiger charge is -2.50. The van der Waals surface area contributed by atoms with Crippen LogP contribution in [0.3, 0.4) is 0 Å². The number of nitriles is 1. The number of aryl methyl sites for hydroxylation is 2. The Morgan fingerprint density at radius 2 is 1.90 bits per heavy atom. The lowest BCUT2D eigenvalue weighted by molar-refractivity contribution is -0.0911. The summed E-state index contributed by atoms with van der Waals surface area (Å²) < 4.78 is 5.55. The Kier molecular flexibility index (Phi) is 5.55. The van der Waals surface area contributed by atoms with Gasteiger partial charge in [-0.2, -0.15) is 5.26 Å². The average Bonchev–Trinajstić information content (AvgIpc) is 2.75. The van der Waals surface area contributed by atoms with Gasteiger partial charge in [0, 0.05) is 31.9 Å². The second-order valence-corrected chi connectivity index (χ2v) is 8.04. The van der Waals surface area contributed by atoms with Crippen LogP contribution in [0.25, 0.3) is 0 Å². The third-order valence-corrected chi connectivity index (χ3v) is 6.20. The molecule has 2 aromatic rings. The van der Waals surface area contributed by atoms with Gasteiger partial charge in [-0.05, 0) is 37.5 Å². The maximum atomic E-state index is 11.9. The van der Waals surface area contributed by atoms with Crippen LogP contribution in [0.5, 0.6) is 0 Å². The Balaban J connectivity index is 1.72. The molecule has 6 nitrogen and oxygen atoms in total. The molecule has 0 radical (unpaired) electrons. The van der Waals surface area contributed by atoms with E-state index < -0.39 is 5.60 Å². The number of hydrogen-bond donors (Lipinski definition) is 1. The van der Waals surface area contributed by atoms with E-state index in [4.69, 9.17) is 9.72 Å². The van der Waals surface area contributed by atoms with E-state index in [9.17, 15) is 10.4 Å². The predicted molar refractivity (Wildman–Crippen MR) is 112 cm³/mol. The fraction of sp³-hybridized carbons (Fsp3) is 0.478. The smallest absolute Gasteiger partial charge is 0.147 e. The molecule has 2 saturated heterocycles. The minimum atomic E-state index is -0.944. The molecular weight excluding hydrogens is 364 g/mol. The Bertz CT molecular complexity index is 905. The molecule has 1 aromatic carbocycles. The van der Waals surface area contributed by atoms with Gasteiger partial charge in [-0.25, -0.2) is 4.98 Å². The molecule has 2 aliphatic rings. The van der Waals surface area contributed by atoms with E-state index in [-0.39, 0.29) is 6.04 Å². The fourth-order valence-corrected chi connectivity index (χ4v) is 4.67. The summed E-state index contributed by atoms with van der Waals surface area (Å²) in [5.74, 6) is 0.735. The molecule has 0 aliphatic carbocycles. The zero-order valence-corrected chi connectivity index (χ0v) is 17.1. The fourth-order valence-electron chi connectivity index (χ4n) is 4.67. The number of aromatic nitrogens is 1. The van der Waals surface area contributed by atoms with Crippen LogP contribution < -0.4 is 4.90 Å².